The third-order valence-corrected chi connectivity index (χ3v) is 1.78. The molecule has 1 aromatic heterocycles. The lowest BCUT2D eigenvalue weighted by Crippen LogP contribution is -2.15. The van der Waals surface area contributed by atoms with Crippen LogP contribution < -0.4 is 0 Å². The molecular weight excluding hydrogens is 144 g/mol. The Morgan fingerprint density at radius 3 is 3.36 bits per heavy atom. The van der Waals surface area contributed by atoms with E-state index in [4.69, 9.17) is 9.84 Å². The number of aromatic nitrogens is 2. The van der Waals surface area contributed by atoms with Crippen molar-refractivity contribution in [2.45, 2.75) is 19.8 Å². The quantitative estimate of drug-likeness (QED) is 0.614. The highest BCUT2D eigenvalue weighted by molar-refractivity contribution is 5.03. The van der Waals surface area contributed by atoms with E-state index in [0.717, 1.165) is 24.7 Å². The Morgan fingerprint density at radius 1 is 1.73 bits per heavy atom. The van der Waals surface area contributed by atoms with E-state index in [1.165, 1.54) is 0 Å². The molecule has 1 aromatic rings. The number of hydrogen-bond donors (Lipinski definition) is 1. The van der Waals surface area contributed by atoms with Crippen LogP contribution in [0.4, 0.5) is 0 Å². The maximum atomic E-state index is 8.77. The van der Waals surface area contributed by atoms with Crippen LogP contribution in [0, 0.1) is 0 Å². The molecule has 1 N–H and O–H groups in total. The average molecular weight is 154 g/mol. The fourth-order valence-electron chi connectivity index (χ4n) is 1.22. The molecule has 0 aromatic carbocycles. The number of hydrogen-bond acceptors (Lipinski definition) is 3. The third-order valence-electron chi connectivity index (χ3n) is 1.78. The minimum absolute atomic E-state index is 0.0139. The first-order valence-corrected chi connectivity index (χ1v) is 3.63. The lowest BCUT2D eigenvalue weighted by molar-refractivity contribution is 0.0816. The number of rotatable bonds is 1. The van der Waals surface area contributed by atoms with Crippen molar-refractivity contribution in [1.82, 2.24) is 9.55 Å². The normalized spacial score (nSPS) is 16.5. The summed E-state index contributed by atoms with van der Waals surface area (Å²) in [7, 11) is 0. The molecule has 0 saturated carbocycles. The number of fused-ring (bicyclic) bond motifs is 1. The maximum Gasteiger partial charge on any atom is 0.135 e. The molecule has 1 aliphatic rings. The second-order valence-electron chi connectivity index (χ2n) is 2.55. The van der Waals surface area contributed by atoms with E-state index >= 15 is 0 Å². The summed E-state index contributed by atoms with van der Waals surface area (Å²) in [6.45, 7) is 2.18. The zero-order chi connectivity index (χ0) is 7.68. The van der Waals surface area contributed by atoms with E-state index in [1.807, 2.05) is 10.8 Å². The number of nitrogens with zero attached hydrogens (tertiary/aromatic N) is 2. The van der Waals surface area contributed by atoms with Gasteiger partial charge in [-0.15, -0.1) is 0 Å². The summed E-state index contributed by atoms with van der Waals surface area (Å²) in [5.41, 5.74) is 0.727. The first kappa shape index (κ1) is 6.82. The van der Waals surface area contributed by atoms with Gasteiger partial charge in [0.1, 0.15) is 12.4 Å². The van der Waals surface area contributed by atoms with Gasteiger partial charge in [-0.2, -0.15) is 0 Å². The van der Waals surface area contributed by atoms with Gasteiger partial charge in [-0.25, -0.2) is 4.98 Å². The average Bonchev–Trinajstić information content (AvgIpc) is 2.46. The Morgan fingerprint density at radius 2 is 2.64 bits per heavy atom. The first-order chi connectivity index (χ1) is 5.40. The molecule has 0 unspecified atom stereocenters. The topological polar surface area (TPSA) is 47.3 Å². The summed E-state index contributed by atoms with van der Waals surface area (Å²) in [6, 6.07) is 0. The molecule has 0 aliphatic carbocycles. The molecule has 0 radical (unpaired) electrons. The Balaban J connectivity index is 2.32. The molecule has 0 spiro atoms. The van der Waals surface area contributed by atoms with Crippen LogP contribution >= 0.6 is 0 Å². The molecule has 1 aliphatic heterocycles. The molecule has 0 saturated heterocycles. The van der Waals surface area contributed by atoms with Crippen molar-refractivity contribution >= 4 is 0 Å². The van der Waals surface area contributed by atoms with Crippen LogP contribution in [0.1, 0.15) is 11.5 Å². The van der Waals surface area contributed by atoms with Crippen molar-refractivity contribution < 1.29 is 9.84 Å². The van der Waals surface area contributed by atoms with Crippen molar-refractivity contribution in [3.8, 4) is 0 Å². The number of aliphatic hydroxyl groups excluding tert-OH is 1. The maximum absolute atomic E-state index is 8.77. The first-order valence-electron chi connectivity index (χ1n) is 3.63. The van der Waals surface area contributed by atoms with Gasteiger partial charge in [0.25, 0.3) is 0 Å². The molecule has 4 nitrogen and oxygen atoms in total. The number of ether oxygens (including phenoxy) is 1. The third kappa shape index (κ3) is 1.15. The molecule has 0 amide bonds. The van der Waals surface area contributed by atoms with Crippen molar-refractivity contribution in [2.24, 2.45) is 0 Å². The highest BCUT2D eigenvalue weighted by Crippen LogP contribution is 2.09. The van der Waals surface area contributed by atoms with Gasteiger partial charge in [-0.3, -0.25) is 0 Å². The lowest BCUT2D eigenvalue weighted by Gasteiger charge is -2.13. The largest absolute Gasteiger partial charge is 0.390 e. The smallest absolute Gasteiger partial charge is 0.135 e. The van der Waals surface area contributed by atoms with Crippen LogP contribution in [-0.2, 0) is 24.5 Å². The molecular formula is C7H10N2O2. The SMILES string of the molecule is OCc1cn2c(n1)COCC2. The Labute approximate surface area is 64.4 Å². The molecule has 2 heterocycles. The van der Waals surface area contributed by atoms with Crippen molar-refractivity contribution in [3.05, 3.63) is 17.7 Å². The highest BCUT2D eigenvalue weighted by atomic mass is 16.5. The Hall–Kier alpha value is -0.870. The second-order valence-corrected chi connectivity index (χ2v) is 2.55. The predicted molar refractivity (Wildman–Crippen MR) is 37.8 cm³/mol. The standard InChI is InChI=1S/C7H10N2O2/c10-4-6-3-9-1-2-11-5-7(9)8-6/h3,10H,1-2,4-5H2. The van der Waals surface area contributed by atoms with Crippen LogP contribution in [-0.4, -0.2) is 21.3 Å². The minimum atomic E-state index is 0.0139. The number of aliphatic hydroxyl groups is 1. The van der Waals surface area contributed by atoms with Gasteiger partial charge >= 0.3 is 0 Å². The predicted octanol–water partition coefficient (Wildman–Crippen LogP) is -0.0944. The lowest BCUT2D eigenvalue weighted by atomic mass is 10.5. The van der Waals surface area contributed by atoms with E-state index in [1.54, 1.807) is 0 Å². The van der Waals surface area contributed by atoms with Crippen LogP contribution in [0.25, 0.3) is 0 Å². The molecule has 0 atom stereocenters. The van der Waals surface area contributed by atoms with E-state index < -0.39 is 0 Å². The van der Waals surface area contributed by atoms with E-state index in [2.05, 4.69) is 4.98 Å². The molecule has 60 valence electrons. The van der Waals surface area contributed by atoms with Crippen LogP contribution in [0.5, 0.6) is 0 Å². The minimum Gasteiger partial charge on any atom is -0.390 e. The molecule has 0 bridgehead atoms. The van der Waals surface area contributed by atoms with Gasteiger partial charge in [-0.1, -0.05) is 0 Å². The Bertz CT molecular complexity index is 233. The van der Waals surface area contributed by atoms with E-state index in [-0.39, 0.29) is 6.61 Å². The van der Waals surface area contributed by atoms with Gasteiger partial charge in [0.2, 0.25) is 0 Å². The van der Waals surface area contributed by atoms with Crippen LogP contribution in [0.15, 0.2) is 6.20 Å². The zero-order valence-corrected chi connectivity index (χ0v) is 6.16. The summed E-state index contributed by atoms with van der Waals surface area (Å²) in [6.07, 6.45) is 1.87. The summed E-state index contributed by atoms with van der Waals surface area (Å²) in [4.78, 5) is 4.16. The van der Waals surface area contributed by atoms with Gasteiger partial charge in [0, 0.05) is 12.7 Å². The molecule has 0 fully saturated rings. The summed E-state index contributed by atoms with van der Waals surface area (Å²) in [5, 5.41) is 8.77. The van der Waals surface area contributed by atoms with Gasteiger partial charge in [-0.05, 0) is 0 Å². The fourth-order valence-corrected chi connectivity index (χ4v) is 1.22. The van der Waals surface area contributed by atoms with E-state index in [0.29, 0.717) is 6.61 Å². The van der Waals surface area contributed by atoms with Crippen LogP contribution in [0.3, 0.4) is 0 Å². The zero-order valence-electron chi connectivity index (χ0n) is 6.16. The summed E-state index contributed by atoms with van der Waals surface area (Å²) < 4.78 is 7.21. The van der Waals surface area contributed by atoms with Crippen molar-refractivity contribution in [2.75, 3.05) is 6.61 Å². The fraction of sp³-hybridized carbons (Fsp3) is 0.571. The monoisotopic (exact) mass is 154 g/mol. The van der Waals surface area contributed by atoms with Gasteiger partial charge in [0.05, 0.1) is 18.9 Å². The summed E-state index contributed by atoms with van der Waals surface area (Å²) >= 11 is 0. The van der Waals surface area contributed by atoms with Crippen molar-refractivity contribution in [1.29, 1.82) is 0 Å². The number of imidazole rings is 1. The van der Waals surface area contributed by atoms with Crippen molar-refractivity contribution in [3.63, 3.8) is 0 Å². The summed E-state index contributed by atoms with van der Waals surface area (Å²) in [5.74, 6) is 0.917. The molecule has 4 heteroatoms. The van der Waals surface area contributed by atoms with Gasteiger partial charge in [0.15, 0.2) is 0 Å². The van der Waals surface area contributed by atoms with Gasteiger partial charge < -0.3 is 14.4 Å². The van der Waals surface area contributed by atoms with E-state index in [9.17, 15) is 0 Å². The molecule has 11 heavy (non-hydrogen) atoms. The second kappa shape index (κ2) is 2.64. The highest BCUT2D eigenvalue weighted by Gasteiger charge is 2.11. The Kier molecular flexibility index (Phi) is 1.63. The molecule has 2 rings (SSSR count). The van der Waals surface area contributed by atoms with Crippen LogP contribution in [0.2, 0.25) is 0 Å².